The molecule has 5 heteroatoms. The van der Waals surface area contributed by atoms with Crippen molar-refractivity contribution >= 4 is 5.91 Å². The van der Waals surface area contributed by atoms with Crippen LogP contribution >= 0.6 is 0 Å². The summed E-state index contributed by atoms with van der Waals surface area (Å²) in [6.07, 6.45) is 5.82. The zero-order chi connectivity index (χ0) is 16.7. The van der Waals surface area contributed by atoms with E-state index < -0.39 is 0 Å². The van der Waals surface area contributed by atoms with Gasteiger partial charge in [-0.2, -0.15) is 0 Å². The maximum Gasteiger partial charge on any atom is 0.222 e. The molecule has 1 amide bonds. The van der Waals surface area contributed by atoms with Crippen molar-refractivity contribution in [2.24, 2.45) is 23.0 Å². The molecule has 3 aliphatic rings. The lowest BCUT2D eigenvalue weighted by atomic mass is 9.46. The van der Waals surface area contributed by atoms with Gasteiger partial charge >= 0.3 is 0 Å². The zero-order valence-corrected chi connectivity index (χ0v) is 13.8. The number of nitrogens with one attached hydrogen (secondary N) is 1. The zero-order valence-electron chi connectivity index (χ0n) is 13.8. The first-order valence-corrected chi connectivity index (χ1v) is 8.99. The number of ether oxygens (including phenoxy) is 1. The number of primary amides is 1. The molecule has 4 rings (SSSR count). The first-order chi connectivity index (χ1) is 11.6. The van der Waals surface area contributed by atoms with Crippen LogP contribution < -0.4 is 11.1 Å². The van der Waals surface area contributed by atoms with Crippen LogP contribution in [0.4, 0.5) is 4.39 Å². The average Bonchev–Trinajstić information content (AvgIpc) is 2.92. The molecule has 0 unspecified atom stereocenters. The van der Waals surface area contributed by atoms with Crippen molar-refractivity contribution in [2.75, 3.05) is 13.2 Å². The molecule has 0 bridgehead atoms. The van der Waals surface area contributed by atoms with Crippen LogP contribution in [0.3, 0.4) is 0 Å². The molecule has 130 valence electrons. The van der Waals surface area contributed by atoms with Gasteiger partial charge < -0.3 is 15.8 Å². The maximum atomic E-state index is 13.0. The van der Waals surface area contributed by atoms with Crippen molar-refractivity contribution in [1.29, 1.82) is 0 Å². The van der Waals surface area contributed by atoms with Gasteiger partial charge in [0.25, 0.3) is 0 Å². The molecular weight excluding hydrogens is 307 g/mol. The summed E-state index contributed by atoms with van der Waals surface area (Å²) in [4.78, 5) is 11.8. The number of carbonyl (C=O) groups is 1. The van der Waals surface area contributed by atoms with Crippen molar-refractivity contribution < 1.29 is 13.9 Å². The van der Waals surface area contributed by atoms with Crippen LogP contribution in [-0.4, -0.2) is 31.2 Å². The fourth-order valence-corrected chi connectivity index (χ4v) is 5.01. The van der Waals surface area contributed by atoms with Gasteiger partial charge in [-0.3, -0.25) is 4.79 Å². The Morgan fingerprint density at radius 1 is 1.38 bits per heavy atom. The first kappa shape index (κ1) is 16.0. The Morgan fingerprint density at radius 2 is 2.12 bits per heavy atom. The summed E-state index contributed by atoms with van der Waals surface area (Å²) in [5.74, 6) is -0.243. The Bertz CT molecular complexity index is 614. The van der Waals surface area contributed by atoms with Gasteiger partial charge in [0, 0.05) is 30.5 Å². The van der Waals surface area contributed by atoms with E-state index in [1.54, 1.807) is 12.1 Å². The highest BCUT2D eigenvalue weighted by Crippen LogP contribution is 2.62. The van der Waals surface area contributed by atoms with E-state index in [1.165, 1.54) is 31.4 Å². The highest BCUT2D eigenvalue weighted by molar-refractivity contribution is 5.77. The van der Waals surface area contributed by atoms with E-state index in [4.69, 9.17) is 10.5 Å². The number of carbonyl (C=O) groups excluding carboxylic acids is 1. The van der Waals surface area contributed by atoms with Gasteiger partial charge in [-0.25, -0.2) is 4.39 Å². The Hall–Kier alpha value is -1.46. The van der Waals surface area contributed by atoms with Crippen molar-refractivity contribution in [3.05, 3.63) is 35.6 Å². The summed E-state index contributed by atoms with van der Waals surface area (Å²) in [6.45, 7) is 1.45. The standard InChI is InChI=1S/C19H25FN2O2/c20-14-4-2-12(3-5-14)10-13(18(21)23)11-22-16-15-6-9-24-17(15)19(16)7-1-8-19/h2-5,13,15-17,22H,1,6-11H2,(H2,21,23)/t13-,15-,16+,17+/m0/s1. The molecular formula is C19H25FN2O2. The SMILES string of the molecule is NC(=O)[C@H](CN[C@@H]1[C@@H]2CCO[C@H]2C12CCC2)Cc1ccc(F)cc1. The quantitative estimate of drug-likeness (QED) is 0.838. The smallest absolute Gasteiger partial charge is 0.222 e. The number of hydrogen-bond donors (Lipinski definition) is 2. The fraction of sp³-hybridized carbons (Fsp3) is 0.632. The second-order valence-corrected chi connectivity index (χ2v) is 7.65. The first-order valence-electron chi connectivity index (χ1n) is 8.99. The van der Waals surface area contributed by atoms with Crippen molar-refractivity contribution in [3.8, 4) is 0 Å². The molecule has 1 aliphatic heterocycles. The average molecular weight is 332 g/mol. The number of amides is 1. The van der Waals surface area contributed by atoms with Crippen LogP contribution in [0.1, 0.15) is 31.2 Å². The Kier molecular flexibility index (Phi) is 4.09. The fourth-order valence-electron chi connectivity index (χ4n) is 5.01. The summed E-state index contributed by atoms with van der Waals surface area (Å²) >= 11 is 0. The third kappa shape index (κ3) is 2.54. The minimum absolute atomic E-state index is 0.263. The van der Waals surface area contributed by atoms with E-state index in [-0.39, 0.29) is 17.6 Å². The van der Waals surface area contributed by atoms with Crippen LogP contribution in [0, 0.1) is 23.1 Å². The molecule has 1 spiro atoms. The predicted molar refractivity (Wildman–Crippen MR) is 88.7 cm³/mol. The summed E-state index contributed by atoms with van der Waals surface area (Å²) in [5, 5.41) is 3.64. The summed E-state index contributed by atoms with van der Waals surface area (Å²) in [5.41, 5.74) is 6.85. The monoisotopic (exact) mass is 332 g/mol. The van der Waals surface area contributed by atoms with E-state index in [9.17, 15) is 9.18 Å². The molecule has 4 nitrogen and oxygen atoms in total. The van der Waals surface area contributed by atoms with Crippen LogP contribution in [0.5, 0.6) is 0 Å². The lowest BCUT2D eigenvalue weighted by Gasteiger charge is -2.63. The Labute approximate surface area is 141 Å². The number of benzene rings is 1. The van der Waals surface area contributed by atoms with Crippen molar-refractivity contribution in [1.82, 2.24) is 5.32 Å². The van der Waals surface area contributed by atoms with E-state index in [2.05, 4.69) is 5.32 Å². The third-order valence-electron chi connectivity index (χ3n) is 6.42. The molecule has 0 radical (unpaired) electrons. The molecule has 3 N–H and O–H groups in total. The van der Waals surface area contributed by atoms with Gasteiger partial charge in [-0.05, 0) is 43.4 Å². The van der Waals surface area contributed by atoms with Gasteiger partial charge in [-0.1, -0.05) is 18.6 Å². The van der Waals surface area contributed by atoms with Crippen LogP contribution in [0.25, 0.3) is 0 Å². The van der Waals surface area contributed by atoms with E-state index in [0.29, 0.717) is 36.4 Å². The van der Waals surface area contributed by atoms with Crippen molar-refractivity contribution in [2.45, 2.75) is 44.2 Å². The lowest BCUT2D eigenvalue weighted by Crippen LogP contribution is -2.71. The van der Waals surface area contributed by atoms with Crippen LogP contribution in [0.2, 0.25) is 0 Å². The van der Waals surface area contributed by atoms with Gasteiger partial charge in [-0.15, -0.1) is 0 Å². The van der Waals surface area contributed by atoms with Gasteiger partial charge in [0.2, 0.25) is 5.91 Å². The highest BCUT2D eigenvalue weighted by atomic mass is 19.1. The second kappa shape index (κ2) is 6.12. The molecule has 1 saturated heterocycles. The third-order valence-corrected chi connectivity index (χ3v) is 6.42. The number of hydrogen-bond acceptors (Lipinski definition) is 3. The topological polar surface area (TPSA) is 64.4 Å². The van der Waals surface area contributed by atoms with Gasteiger partial charge in [0.05, 0.1) is 12.0 Å². The number of nitrogens with two attached hydrogens (primary N) is 1. The predicted octanol–water partition coefficient (Wildman–Crippen LogP) is 2.02. The van der Waals surface area contributed by atoms with Gasteiger partial charge in [0.15, 0.2) is 0 Å². The highest BCUT2D eigenvalue weighted by Gasteiger charge is 2.66. The molecule has 2 aliphatic carbocycles. The molecule has 3 fully saturated rings. The lowest BCUT2D eigenvalue weighted by molar-refractivity contribution is -0.176. The molecule has 2 saturated carbocycles. The maximum absolute atomic E-state index is 13.0. The summed E-state index contributed by atoms with van der Waals surface area (Å²) in [7, 11) is 0. The molecule has 1 aromatic carbocycles. The molecule has 1 heterocycles. The largest absolute Gasteiger partial charge is 0.377 e. The van der Waals surface area contributed by atoms with Gasteiger partial charge in [0.1, 0.15) is 5.82 Å². The Balaban J connectivity index is 1.39. The molecule has 0 aromatic heterocycles. The number of halogens is 1. The summed E-state index contributed by atoms with van der Waals surface area (Å²) in [6, 6.07) is 6.76. The number of rotatable bonds is 6. The number of fused-ring (bicyclic) bond motifs is 2. The minimum atomic E-state index is -0.298. The normalized spacial score (nSPS) is 31.1. The molecule has 4 atom stereocenters. The molecule has 1 aromatic rings. The van der Waals surface area contributed by atoms with Crippen LogP contribution in [0.15, 0.2) is 24.3 Å². The van der Waals surface area contributed by atoms with E-state index in [1.807, 2.05) is 0 Å². The molecule has 24 heavy (non-hydrogen) atoms. The second-order valence-electron chi connectivity index (χ2n) is 7.65. The van der Waals surface area contributed by atoms with Crippen LogP contribution in [-0.2, 0) is 16.0 Å². The minimum Gasteiger partial charge on any atom is -0.377 e. The Morgan fingerprint density at radius 3 is 2.75 bits per heavy atom. The van der Waals surface area contributed by atoms with E-state index in [0.717, 1.165) is 18.6 Å². The summed E-state index contributed by atoms with van der Waals surface area (Å²) < 4.78 is 19.0. The van der Waals surface area contributed by atoms with E-state index >= 15 is 0 Å². The van der Waals surface area contributed by atoms with Crippen molar-refractivity contribution in [3.63, 3.8) is 0 Å².